The lowest BCUT2D eigenvalue weighted by molar-refractivity contribution is 0.0697. The number of hydrogen-bond donors (Lipinski definition) is 2. The molecule has 0 bridgehead atoms. The molecule has 0 aliphatic rings. The standard InChI is InChI=1S/C12H14N2O2/c1-5-8(3)13-11-10(12(15)16)7(2)6-9(4)14-11/h1,6,8H,2-4H3,(H,13,14)(H,15,16). The van der Waals surface area contributed by atoms with Crippen LogP contribution in [0.15, 0.2) is 6.07 Å². The fraction of sp³-hybridized carbons (Fsp3) is 0.333. The van der Waals surface area contributed by atoms with Crippen molar-refractivity contribution in [1.82, 2.24) is 4.98 Å². The van der Waals surface area contributed by atoms with Crippen molar-refractivity contribution in [2.24, 2.45) is 0 Å². The molecule has 84 valence electrons. The maximum atomic E-state index is 11.1. The Kier molecular flexibility index (Phi) is 3.51. The van der Waals surface area contributed by atoms with Crippen molar-refractivity contribution >= 4 is 11.8 Å². The zero-order chi connectivity index (χ0) is 12.3. The fourth-order valence-electron chi connectivity index (χ4n) is 1.46. The molecule has 0 aromatic carbocycles. The molecule has 0 amide bonds. The Labute approximate surface area is 94.7 Å². The lowest BCUT2D eigenvalue weighted by Crippen LogP contribution is -2.17. The molecule has 0 radical (unpaired) electrons. The third-order valence-corrected chi connectivity index (χ3v) is 2.16. The number of anilines is 1. The lowest BCUT2D eigenvalue weighted by atomic mass is 10.1. The molecule has 16 heavy (non-hydrogen) atoms. The van der Waals surface area contributed by atoms with Crippen molar-refractivity contribution in [3.8, 4) is 12.3 Å². The highest BCUT2D eigenvalue weighted by atomic mass is 16.4. The first-order valence-electron chi connectivity index (χ1n) is 4.90. The summed E-state index contributed by atoms with van der Waals surface area (Å²) in [5, 5.41) is 12.0. The van der Waals surface area contributed by atoms with Crippen LogP contribution in [0.2, 0.25) is 0 Å². The van der Waals surface area contributed by atoms with Crippen LogP contribution in [0.4, 0.5) is 5.82 Å². The molecule has 1 aromatic rings. The molecule has 1 unspecified atom stereocenters. The van der Waals surface area contributed by atoms with E-state index in [2.05, 4.69) is 16.2 Å². The molecule has 4 heteroatoms. The number of carboxylic acids is 1. The molecule has 0 saturated heterocycles. The van der Waals surface area contributed by atoms with Gasteiger partial charge in [0.1, 0.15) is 11.4 Å². The van der Waals surface area contributed by atoms with Crippen molar-refractivity contribution in [1.29, 1.82) is 0 Å². The molecule has 0 saturated carbocycles. The molecule has 1 rings (SSSR count). The maximum absolute atomic E-state index is 11.1. The Morgan fingerprint density at radius 1 is 1.62 bits per heavy atom. The van der Waals surface area contributed by atoms with Gasteiger partial charge in [0.15, 0.2) is 0 Å². The van der Waals surface area contributed by atoms with Crippen LogP contribution in [0.3, 0.4) is 0 Å². The average molecular weight is 218 g/mol. The Hall–Kier alpha value is -2.02. The van der Waals surface area contributed by atoms with E-state index in [9.17, 15) is 4.79 Å². The number of pyridine rings is 1. The Morgan fingerprint density at radius 3 is 2.75 bits per heavy atom. The first-order chi connectivity index (χ1) is 7.45. The zero-order valence-electron chi connectivity index (χ0n) is 9.53. The van der Waals surface area contributed by atoms with Crippen LogP contribution in [0.1, 0.15) is 28.5 Å². The van der Waals surface area contributed by atoms with Crippen molar-refractivity contribution in [2.45, 2.75) is 26.8 Å². The molecular weight excluding hydrogens is 204 g/mol. The highest BCUT2D eigenvalue weighted by Gasteiger charge is 2.16. The van der Waals surface area contributed by atoms with Gasteiger partial charge in [-0.05, 0) is 32.4 Å². The number of carboxylic acid groups (broad SMARTS) is 1. The molecule has 0 aliphatic heterocycles. The number of carbonyl (C=O) groups is 1. The molecular formula is C12H14N2O2. The van der Waals surface area contributed by atoms with Gasteiger partial charge in [-0.3, -0.25) is 0 Å². The van der Waals surface area contributed by atoms with Gasteiger partial charge < -0.3 is 10.4 Å². The van der Waals surface area contributed by atoms with E-state index in [1.807, 2.05) is 6.92 Å². The molecule has 0 spiro atoms. The summed E-state index contributed by atoms with van der Waals surface area (Å²) in [7, 11) is 0. The molecule has 0 aliphatic carbocycles. The molecule has 2 N–H and O–H groups in total. The number of aromatic carboxylic acids is 1. The second-order valence-corrected chi connectivity index (χ2v) is 3.64. The first-order valence-corrected chi connectivity index (χ1v) is 4.90. The van der Waals surface area contributed by atoms with Gasteiger partial charge in [-0.15, -0.1) is 6.42 Å². The second-order valence-electron chi connectivity index (χ2n) is 3.64. The molecule has 1 atom stereocenters. The SMILES string of the molecule is C#CC(C)Nc1nc(C)cc(C)c1C(=O)O. The average Bonchev–Trinajstić information content (AvgIpc) is 2.15. The predicted octanol–water partition coefficient (Wildman–Crippen LogP) is 1.83. The van der Waals surface area contributed by atoms with E-state index in [1.165, 1.54) is 0 Å². The topological polar surface area (TPSA) is 62.2 Å². The van der Waals surface area contributed by atoms with Gasteiger partial charge in [-0.25, -0.2) is 9.78 Å². The zero-order valence-corrected chi connectivity index (χ0v) is 9.53. The van der Waals surface area contributed by atoms with Crippen LogP contribution in [-0.4, -0.2) is 22.1 Å². The van der Waals surface area contributed by atoms with E-state index in [4.69, 9.17) is 11.5 Å². The summed E-state index contributed by atoms with van der Waals surface area (Å²) >= 11 is 0. The number of terminal acetylenes is 1. The number of aromatic nitrogens is 1. The Bertz CT molecular complexity index is 461. The maximum Gasteiger partial charge on any atom is 0.339 e. The summed E-state index contributed by atoms with van der Waals surface area (Å²) in [4.78, 5) is 15.2. The largest absolute Gasteiger partial charge is 0.478 e. The highest BCUT2D eigenvalue weighted by molar-refractivity contribution is 5.94. The summed E-state index contributed by atoms with van der Waals surface area (Å²) in [5.74, 6) is 1.80. The van der Waals surface area contributed by atoms with Gasteiger partial charge in [0.05, 0.1) is 6.04 Å². The summed E-state index contributed by atoms with van der Waals surface area (Å²) in [5.41, 5.74) is 1.61. The smallest absolute Gasteiger partial charge is 0.339 e. The molecule has 1 heterocycles. The van der Waals surface area contributed by atoms with Crippen LogP contribution in [0.5, 0.6) is 0 Å². The first kappa shape index (κ1) is 12.1. The molecule has 0 fully saturated rings. The van der Waals surface area contributed by atoms with Crippen LogP contribution in [0, 0.1) is 26.2 Å². The van der Waals surface area contributed by atoms with E-state index < -0.39 is 5.97 Å². The second kappa shape index (κ2) is 4.67. The van der Waals surface area contributed by atoms with Crippen LogP contribution < -0.4 is 5.32 Å². The van der Waals surface area contributed by atoms with Gasteiger partial charge in [0, 0.05) is 5.69 Å². The minimum Gasteiger partial charge on any atom is -0.478 e. The van der Waals surface area contributed by atoms with Crippen molar-refractivity contribution in [3.63, 3.8) is 0 Å². The minimum atomic E-state index is -1.00. The monoisotopic (exact) mass is 218 g/mol. The van der Waals surface area contributed by atoms with E-state index in [0.717, 1.165) is 5.69 Å². The Morgan fingerprint density at radius 2 is 2.25 bits per heavy atom. The van der Waals surface area contributed by atoms with E-state index >= 15 is 0 Å². The molecule has 1 aromatic heterocycles. The fourth-order valence-corrected chi connectivity index (χ4v) is 1.46. The van der Waals surface area contributed by atoms with Crippen LogP contribution >= 0.6 is 0 Å². The van der Waals surface area contributed by atoms with E-state index in [-0.39, 0.29) is 11.6 Å². The number of nitrogens with zero attached hydrogens (tertiary/aromatic N) is 1. The quantitative estimate of drug-likeness (QED) is 0.760. The van der Waals surface area contributed by atoms with Crippen molar-refractivity contribution in [3.05, 3.63) is 22.9 Å². The van der Waals surface area contributed by atoms with Gasteiger partial charge >= 0.3 is 5.97 Å². The lowest BCUT2D eigenvalue weighted by Gasteiger charge is -2.13. The summed E-state index contributed by atoms with van der Waals surface area (Å²) in [6.45, 7) is 5.32. The normalized spacial score (nSPS) is 11.6. The summed E-state index contributed by atoms with van der Waals surface area (Å²) < 4.78 is 0. The summed E-state index contributed by atoms with van der Waals surface area (Å²) in [6, 6.07) is 1.47. The van der Waals surface area contributed by atoms with Gasteiger partial charge in [0.25, 0.3) is 0 Å². The summed E-state index contributed by atoms with van der Waals surface area (Å²) in [6.07, 6.45) is 5.23. The molecule has 4 nitrogen and oxygen atoms in total. The number of rotatable bonds is 3. The van der Waals surface area contributed by atoms with Gasteiger partial charge in [-0.1, -0.05) is 5.92 Å². The van der Waals surface area contributed by atoms with E-state index in [0.29, 0.717) is 11.4 Å². The number of aryl methyl sites for hydroxylation is 2. The Balaban J connectivity index is 3.25. The number of nitrogens with one attached hydrogen (secondary N) is 1. The minimum absolute atomic E-state index is 0.174. The van der Waals surface area contributed by atoms with Gasteiger partial charge in [0.2, 0.25) is 0 Å². The van der Waals surface area contributed by atoms with Crippen molar-refractivity contribution < 1.29 is 9.90 Å². The van der Waals surface area contributed by atoms with Crippen LogP contribution in [-0.2, 0) is 0 Å². The van der Waals surface area contributed by atoms with Crippen molar-refractivity contribution in [2.75, 3.05) is 5.32 Å². The highest BCUT2D eigenvalue weighted by Crippen LogP contribution is 2.19. The van der Waals surface area contributed by atoms with Crippen LogP contribution in [0.25, 0.3) is 0 Å². The van der Waals surface area contributed by atoms with Gasteiger partial charge in [-0.2, -0.15) is 0 Å². The predicted molar refractivity (Wildman–Crippen MR) is 62.6 cm³/mol. The van der Waals surface area contributed by atoms with E-state index in [1.54, 1.807) is 19.9 Å². The third-order valence-electron chi connectivity index (χ3n) is 2.16. The number of hydrogen-bond acceptors (Lipinski definition) is 3. The third kappa shape index (κ3) is 2.51.